The number of carbonyl (C=O) groups is 2. The molecule has 9 heteroatoms. The van der Waals surface area contributed by atoms with Gasteiger partial charge in [0.1, 0.15) is 10.6 Å². The maximum absolute atomic E-state index is 12.7. The Balaban J connectivity index is 0.000000848. The van der Waals surface area contributed by atoms with Crippen LogP contribution in [0.5, 0.6) is 0 Å². The fourth-order valence-electron chi connectivity index (χ4n) is 4.34. The first-order valence-corrected chi connectivity index (χ1v) is 13.0. The number of hydrogen-bond acceptors (Lipinski definition) is 6. The van der Waals surface area contributed by atoms with E-state index in [9.17, 15) is 4.79 Å². The van der Waals surface area contributed by atoms with Gasteiger partial charge in [0.2, 0.25) is 5.91 Å². The summed E-state index contributed by atoms with van der Waals surface area (Å²) in [6.45, 7) is 0.455. The number of carboxylic acid groups (broad SMARTS) is 1. The predicted molar refractivity (Wildman–Crippen MR) is 143 cm³/mol. The zero-order valence-corrected chi connectivity index (χ0v) is 20.9. The van der Waals surface area contributed by atoms with E-state index >= 15 is 0 Å². The van der Waals surface area contributed by atoms with E-state index in [4.69, 9.17) is 21.5 Å². The van der Waals surface area contributed by atoms with Crippen molar-refractivity contribution in [3.8, 4) is 0 Å². The Kier molecular flexibility index (Phi) is 7.16. The summed E-state index contributed by atoms with van der Waals surface area (Å²) >= 11 is 7.80. The molecular formula is C27H25ClN4O3S. The molecule has 2 aliphatic carbocycles. The molecule has 3 aromatic heterocycles. The Bertz CT molecular complexity index is 1400. The van der Waals surface area contributed by atoms with Crippen LogP contribution in [0.1, 0.15) is 47.1 Å². The minimum Gasteiger partial charge on any atom is -0.483 e. The summed E-state index contributed by atoms with van der Waals surface area (Å²) in [5, 5.41) is 15.2. The number of halogens is 1. The molecule has 3 N–H and O–H groups in total. The molecular weight excluding hydrogens is 496 g/mol. The van der Waals surface area contributed by atoms with Gasteiger partial charge < -0.3 is 15.7 Å². The molecule has 0 saturated heterocycles. The third kappa shape index (κ3) is 5.83. The van der Waals surface area contributed by atoms with E-state index in [0.717, 1.165) is 22.5 Å². The molecule has 2 atom stereocenters. The number of carbonyl (C=O) groups excluding carboxylic acids is 1. The molecule has 4 aromatic rings. The summed E-state index contributed by atoms with van der Waals surface area (Å²) in [4.78, 5) is 32.3. The van der Waals surface area contributed by atoms with Gasteiger partial charge in [-0.1, -0.05) is 23.7 Å². The molecule has 36 heavy (non-hydrogen) atoms. The van der Waals surface area contributed by atoms with Crippen molar-refractivity contribution in [1.29, 1.82) is 0 Å². The first-order valence-electron chi connectivity index (χ1n) is 11.8. The second-order valence-electron chi connectivity index (χ2n) is 9.03. The van der Waals surface area contributed by atoms with Crippen LogP contribution in [0.3, 0.4) is 0 Å². The van der Waals surface area contributed by atoms with Crippen molar-refractivity contribution >= 4 is 57.0 Å². The van der Waals surface area contributed by atoms with Crippen LogP contribution in [0.25, 0.3) is 10.2 Å². The van der Waals surface area contributed by atoms with E-state index in [2.05, 4.69) is 32.7 Å². The predicted octanol–water partition coefficient (Wildman–Crippen LogP) is 6.28. The number of aromatic nitrogens is 2. The number of anilines is 2. The molecule has 6 rings (SSSR count). The number of pyridine rings is 2. The zero-order chi connectivity index (χ0) is 25.1. The first-order chi connectivity index (χ1) is 17.5. The van der Waals surface area contributed by atoms with Gasteiger partial charge in [-0.3, -0.25) is 9.59 Å². The number of amides is 1. The second-order valence-corrected chi connectivity index (χ2v) is 10.6. The van der Waals surface area contributed by atoms with E-state index in [1.54, 1.807) is 17.5 Å². The highest BCUT2D eigenvalue weighted by atomic mass is 35.5. The number of fused-ring (bicyclic) bond motifs is 1. The Labute approximate surface area is 217 Å². The number of thiophene rings is 1. The minimum absolute atomic E-state index is 0.00618. The van der Waals surface area contributed by atoms with Crippen molar-refractivity contribution < 1.29 is 14.7 Å². The fourth-order valence-corrected chi connectivity index (χ4v) is 5.45. The van der Waals surface area contributed by atoms with Gasteiger partial charge in [0.05, 0.1) is 0 Å². The average molecular weight is 521 g/mol. The minimum atomic E-state index is -0.250. The SMILES string of the molecule is O=C(Nc1cc(NCc2cc3cc(C4CC4)cnc3s2)ccn1)[C@H]1C[C@@H]1c1cccc(Cl)c1.O=CO. The summed E-state index contributed by atoms with van der Waals surface area (Å²) in [6, 6.07) is 16.1. The van der Waals surface area contributed by atoms with Crippen LogP contribution in [0, 0.1) is 5.92 Å². The number of hydrogen-bond donors (Lipinski definition) is 3. The molecule has 2 saturated carbocycles. The molecule has 0 bridgehead atoms. The third-order valence-electron chi connectivity index (χ3n) is 6.37. The number of nitrogens with one attached hydrogen (secondary N) is 2. The van der Waals surface area contributed by atoms with Gasteiger partial charge in [0.25, 0.3) is 6.47 Å². The lowest BCUT2D eigenvalue weighted by Gasteiger charge is -2.08. The van der Waals surface area contributed by atoms with Crippen molar-refractivity contribution in [3.05, 3.63) is 82.0 Å². The highest BCUT2D eigenvalue weighted by Crippen LogP contribution is 2.48. The molecule has 1 amide bonds. The van der Waals surface area contributed by atoms with Gasteiger partial charge in [0, 0.05) is 51.9 Å². The van der Waals surface area contributed by atoms with Gasteiger partial charge in [-0.05, 0) is 72.6 Å². The van der Waals surface area contributed by atoms with Crippen molar-refractivity contribution in [2.45, 2.75) is 37.6 Å². The monoisotopic (exact) mass is 520 g/mol. The molecule has 0 aliphatic heterocycles. The Morgan fingerprint density at radius 2 is 1.97 bits per heavy atom. The standard InChI is InChI=1S/C26H23ClN4OS.CH2O2/c27-19-3-1-2-16(9-19)22-12-23(22)25(32)31-24-11-20(6-7-28-24)29-14-21-10-17-8-18(15-4-5-15)13-30-26(17)33-21;2-1-3/h1-3,6-11,13,15,22-23H,4-5,12,14H2,(H2,28,29,31,32);1H,(H,2,3)/t22-,23+;/m1./s1. The van der Waals surface area contributed by atoms with Crippen LogP contribution in [0.2, 0.25) is 5.02 Å². The highest BCUT2D eigenvalue weighted by molar-refractivity contribution is 7.18. The molecule has 0 unspecified atom stereocenters. The normalized spacial score (nSPS) is 18.1. The lowest BCUT2D eigenvalue weighted by molar-refractivity contribution is -0.123. The summed E-state index contributed by atoms with van der Waals surface area (Å²) in [7, 11) is 0. The second kappa shape index (κ2) is 10.6. The van der Waals surface area contributed by atoms with Gasteiger partial charge >= 0.3 is 0 Å². The highest BCUT2D eigenvalue weighted by Gasteiger charge is 2.44. The van der Waals surface area contributed by atoms with Crippen molar-refractivity contribution in [2.24, 2.45) is 5.92 Å². The first kappa shape index (κ1) is 24.2. The fraction of sp³-hybridized carbons (Fsp3) is 0.259. The van der Waals surface area contributed by atoms with Crippen LogP contribution in [-0.2, 0) is 16.1 Å². The summed E-state index contributed by atoms with van der Waals surface area (Å²) in [5.74, 6) is 1.48. The van der Waals surface area contributed by atoms with Crippen LogP contribution >= 0.6 is 22.9 Å². The largest absolute Gasteiger partial charge is 0.483 e. The molecule has 0 spiro atoms. The number of benzene rings is 1. The molecule has 184 valence electrons. The van der Waals surface area contributed by atoms with Crippen molar-refractivity contribution in [1.82, 2.24) is 9.97 Å². The van der Waals surface area contributed by atoms with Gasteiger partial charge in [-0.2, -0.15) is 0 Å². The Morgan fingerprint density at radius 1 is 1.14 bits per heavy atom. The van der Waals surface area contributed by atoms with Crippen molar-refractivity contribution in [3.63, 3.8) is 0 Å². The third-order valence-corrected chi connectivity index (χ3v) is 7.67. The van der Waals surface area contributed by atoms with Gasteiger partial charge in [-0.25, -0.2) is 9.97 Å². The van der Waals surface area contributed by atoms with E-state index in [1.165, 1.54) is 28.7 Å². The number of nitrogens with zero attached hydrogens (tertiary/aromatic N) is 2. The van der Waals surface area contributed by atoms with Gasteiger partial charge in [-0.15, -0.1) is 11.3 Å². The maximum Gasteiger partial charge on any atom is 0.290 e. The molecule has 2 aliphatic rings. The van der Waals surface area contributed by atoms with E-state index < -0.39 is 0 Å². The van der Waals surface area contributed by atoms with Crippen LogP contribution in [0.4, 0.5) is 11.5 Å². The van der Waals surface area contributed by atoms with Crippen molar-refractivity contribution in [2.75, 3.05) is 10.6 Å². The van der Waals surface area contributed by atoms with E-state index in [-0.39, 0.29) is 24.2 Å². The summed E-state index contributed by atoms with van der Waals surface area (Å²) < 4.78 is 0. The lowest BCUT2D eigenvalue weighted by Crippen LogP contribution is -2.15. The summed E-state index contributed by atoms with van der Waals surface area (Å²) in [5.41, 5.74) is 3.40. The molecule has 7 nitrogen and oxygen atoms in total. The molecule has 2 fully saturated rings. The zero-order valence-electron chi connectivity index (χ0n) is 19.4. The number of rotatable bonds is 7. The van der Waals surface area contributed by atoms with Crippen LogP contribution < -0.4 is 10.6 Å². The average Bonchev–Trinajstić information content (AvgIpc) is 3.79. The smallest absolute Gasteiger partial charge is 0.290 e. The van der Waals surface area contributed by atoms with E-state index in [0.29, 0.717) is 23.3 Å². The van der Waals surface area contributed by atoms with E-state index in [1.807, 2.05) is 42.6 Å². The summed E-state index contributed by atoms with van der Waals surface area (Å²) in [6.07, 6.45) is 7.16. The maximum atomic E-state index is 12.7. The Morgan fingerprint density at radius 3 is 2.75 bits per heavy atom. The van der Waals surface area contributed by atoms with Crippen LogP contribution in [0.15, 0.2) is 60.9 Å². The van der Waals surface area contributed by atoms with Gasteiger partial charge in [0.15, 0.2) is 0 Å². The van der Waals surface area contributed by atoms with Crippen LogP contribution in [-0.4, -0.2) is 27.5 Å². The molecule has 0 radical (unpaired) electrons. The quantitative estimate of drug-likeness (QED) is 0.248. The topological polar surface area (TPSA) is 104 Å². The lowest BCUT2D eigenvalue weighted by atomic mass is 10.1. The Hall–Kier alpha value is -3.49. The molecule has 1 aromatic carbocycles. The molecule has 3 heterocycles.